The van der Waals surface area contributed by atoms with Gasteiger partial charge in [-0.25, -0.2) is 0 Å². The minimum atomic E-state index is -0.284. The highest BCUT2D eigenvalue weighted by molar-refractivity contribution is 5.84. The maximum atomic E-state index is 12.3. The van der Waals surface area contributed by atoms with Crippen LogP contribution in [-0.2, 0) is 4.79 Å². The predicted molar refractivity (Wildman–Crippen MR) is 67.3 cm³/mol. The van der Waals surface area contributed by atoms with Gasteiger partial charge >= 0.3 is 0 Å². The van der Waals surface area contributed by atoms with Crippen LogP contribution < -0.4 is 0 Å². The minimum absolute atomic E-state index is 0.0459. The van der Waals surface area contributed by atoms with Crippen LogP contribution in [0.5, 0.6) is 0 Å². The number of amides is 1. The second-order valence-electron chi connectivity index (χ2n) is 3.88. The molecule has 18 heavy (non-hydrogen) atoms. The Morgan fingerprint density at radius 2 is 1.78 bits per heavy atom. The number of rotatable bonds is 5. The first kappa shape index (κ1) is 13.7. The van der Waals surface area contributed by atoms with Crippen LogP contribution in [0, 0.1) is 22.7 Å². The molecule has 0 aliphatic heterocycles. The average molecular weight is 241 g/mol. The van der Waals surface area contributed by atoms with Gasteiger partial charge in [0.05, 0.1) is 18.1 Å². The third-order valence-electron chi connectivity index (χ3n) is 2.74. The average Bonchev–Trinajstić information content (AvgIpc) is 2.40. The molecule has 0 aliphatic carbocycles. The third kappa shape index (κ3) is 3.33. The Bertz CT molecular complexity index is 454. The van der Waals surface area contributed by atoms with Crippen molar-refractivity contribution < 1.29 is 4.79 Å². The Kier molecular flexibility index (Phi) is 5.41. The van der Waals surface area contributed by atoms with E-state index in [4.69, 9.17) is 10.5 Å². The van der Waals surface area contributed by atoms with Crippen molar-refractivity contribution in [2.75, 3.05) is 13.1 Å². The number of carbonyl (C=O) groups is 1. The van der Waals surface area contributed by atoms with E-state index in [-0.39, 0.29) is 24.9 Å². The van der Waals surface area contributed by atoms with Crippen LogP contribution in [0.4, 0.5) is 0 Å². The molecule has 4 nitrogen and oxygen atoms in total. The van der Waals surface area contributed by atoms with E-state index in [0.29, 0.717) is 6.42 Å². The van der Waals surface area contributed by atoms with Gasteiger partial charge in [0.25, 0.3) is 0 Å². The molecule has 1 aromatic rings. The van der Waals surface area contributed by atoms with E-state index >= 15 is 0 Å². The summed E-state index contributed by atoms with van der Waals surface area (Å²) in [7, 11) is 0. The van der Waals surface area contributed by atoms with E-state index < -0.39 is 0 Å². The molecular weight excluding hydrogens is 226 g/mol. The SMILES string of the molecule is CC[C@@H](C(=O)N(CC#N)CC#N)c1ccccc1. The summed E-state index contributed by atoms with van der Waals surface area (Å²) in [5, 5.41) is 17.4. The molecule has 0 heterocycles. The van der Waals surface area contributed by atoms with Crippen LogP contribution in [0.1, 0.15) is 24.8 Å². The maximum absolute atomic E-state index is 12.3. The number of nitriles is 2. The van der Waals surface area contributed by atoms with Gasteiger partial charge in [0.1, 0.15) is 13.1 Å². The van der Waals surface area contributed by atoms with Crippen molar-refractivity contribution in [1.29, 1.82) is 10.5 Å². The van der Waals surface area contributed by atoms with Crippen molar-refractivity contribution in [2.24, 2.45) is 0 Å². The molecule has 4 heteroatoms. The maximum Gasteiger partial charge on any atom is 0.231 e. The highest BCUT2D eigenvalue weighted by atomic mass is 16.2. The Balaban J connectivity index is 2.92. The van der Waals surface area contributed by atoms with Gasteiger partial charge in [-0.1, -0.05) is 37.3 Å². The van der Waals surface area contributed by atoms with Gasteiger partial charge in [-0.3, -0.25) is 4.79 Å². The zero-order valence-corrected chi connectivity index (χ0v) is 10.3. The highest BCUT2D eigenvalue weighted by Crippen LogP contribution is 2.21. The van der Waals surface area contributed by atoms with Crippen LogP contribution >= 0.6 is 0 Å². The topological polar surface area (TPSA) is 67.9 Å². The first-order valence-corrected chi connectivity index (χ1v) is 5.82. The molecule has 1 aromatic carbocycles. The van der Waals surface area contributed by atoms with E-state index in [2.05, 4.69) is 0 Å². The van der Waals surface area contributed by atoms with Gasteiger partial charge < -0.3 is 4.90 Å². The van der Waals surface area contributed by atoms with Gasteiger partial charge in [0.2, 0.25) is 5.91 Å². The summed E-state index contributed by atoms with van der Waals surface area (Å²) in [4.78, 5) is 13.6. The highest BCUT2D eigenvalue weighted by Gasteiger charge is 2.23. The Labute approximate surface area is 107 Å². The van der Waals surface area contributed by atoms with Gasteiger partial charge in [-0.15, -0.1) is 0 Å². The normalized spacial score (nSPS) is 11.1. The van der Waals surface area contributed by atoms with E-state index in [1.807, 2.05) is 49.4 Å². The molecule has 1 rings (SSSR count). The fraction of sp³-hybridized carbons (Fsp3) is 0.357. The van der Waals surface area contributed by atoms with Crippen molar-refractivity contribution >= 4 is 5.91 Å². The van der Waals surface area contributed by atoms with Crippen molar-refractivity contribution in [3.63, 3.8) is 0 Å². The van der Waals surface area contributed by atoms with Gasteiger partial charge in [0, 0.05) is 0 Å². The first-order valence-electron chi connectivity index (χ1n) is 5.82. The number of carbonyl (C=O) groups excluding carboxylic acids is 1. The molecule has 0 aromatic heterocycles. The summed E-state index contributed by atoms with van der Waals surface area (Å²) in [5.41, 5.74) is 0.922. The van der Waals surface area contributed by atoms with Crippen molar-refractivity contribution in [1.82, 2.24) is 4.90 Å². The van der Waals surface area contributed by atoms with E-state index in [1.165, 1.54) is 4.90 Å². The number of hydrogen-bond donors (Lipinski definition) is 0. The fourth-order valence-corrected chi connectivity index (χ4v) is 1.84. The molecule has 0 N–H and O–H groups in total. The predicted octanol–water partition coefficient (Wildman–Crippen LogP) is 2.06. The van der Waals surface area contributed by atoms with Crippen LogP contribution in [0.15, 0.2) is 30.3 Å². The number of hydrogen-bond acceptors (Lipinski definition) is 3. The van der Waals surface area contributed by atoms with Crippen molar-refractivity contribution in [2.45, 2.75) is 19.3 Å². The number of benzene rings is 1. The van der Waals surface area contributed by atoms with E-state index in [1.54, 1.807) is 0 Å². The summed E-state index contributed by atoms with van der Waals surface area (Å²) in [6.07, 6.45) is 0.649. The second-order valence-corrected chi connectivity index (χ2v) is 3.88. The Morgan fingerprint density at radius 3 is 2.22 bits per heavy atom. The molecule has 0 bridgehead atoms. The first-order chi connectivity index (χ1) is 8.74. The quantitative estimate of drug-likeness (QED) is 0.741. The van der Waals surface area contributed by atoms with Gasteiger partial charge in [-0.2, -0.15) is 10.5 Å². The number of nitrogens with zero attached hydrogens (tertiary/aromatic N) is 3. The molecule has 0 radical (unpaired) electrons. The lowest BCUT2D eigenvalue weighted by Gasteiger charge is -2.22. The molecule has 0 saturated carbocycles. The summed E-state index contributed by atoms with van der Waals surface area (Å²) in [6.45, 7) is 1.83. The Morgan fingerprint density at radius 1 is 1.22 bits per heavy atom. The van der Waals surface area contributed by atoms with Gasteiger partial charge in [0.15, 0.2) is 0 Å². The third-order valence-corrected chi connectivity index (χ3v) is 2.74. The van der Waals surface area contributed by atoms with Crippen LogP contribution in [0.25, 0.3) is 0 Å². The lowest BCUT2D eigenvalue weighted by Crippen LogP contribution is -2.35. The molecule has 0 fully saturated rings. The van der Waals surface area contributed by atoms with Crippen LogP contribution in [0.2, 0.25) is 0 Å². The zero-order valence-electron chi connectivity index (χ0n) is 10.3. The summed E-state index contributed by atoms with van der Waals surface area (Å²) in [6, 6.07) is 13.3. The van der Waals surface area contributed by atoms with Crippen LogP contribution in [-0.4, -0.2) is 23.9 Å². The molecule has 1 atom stereocenters. The smallest absolute Gasteiger partial charge is 0.231 e. The second kappa shape index (κ2) is 7.09. The summed E-state index contributed by atoms with van der Waals surface area (Å²) >= 11 is 0. The molecule has 0 saturated heterocycles. The van der Waals surface area contributed by atoms with Crippen molar-refractivity contribution in [3.8, 4) is 12.1 Å². The summed E-state index contributed by atoms with van der Waals surface area (Å²) < 4.78 is 0. The standard InChI is InChI=1S/C14H15N3O/c1-2-13(12-6-4-3-5-7-12)14(18)17(10-8-15)11-9-16/h3-7,13H,2,10-11H2,1H3/t13-/m1/s1. The van der Waals surface area contributed by atoms with E-state index in [9.17, 15) is 4.79 Å². The minimum Gasteiger partial charge on any atom is -0.316 e. The Hall–Kier alpha value is -2.33. The van der Waals surface area contributed by atoms with Crippen LogP contribution in [0.3, 0.4) is 0 Å². The molecule has 92 valence electrons. The van der Waals surface area contributed by atoms with E-state index in [0.717, 1.165) is 5.56 Å². The lowest BCUT2D eigenvalue weighted by atomic mass is 9.95. The molecule has 0 unspecified atom stereocenters. The lowest BCUT2D eigenvalue weighted by molar-refractivity contribution is -0.131. The molecule has 0 spiro atoms. The molecule has 0 aliphatic rings. The molecule has 1 amide bonds. The van der Waals surface area contributed by atoms with Crippen molar-refractivity contribution in [3.05, 3.63) is 35.9 Å². The summed E-state index contributed by atoms with van der Waals surface area (Å²) in [5.74, 6) is -0.445. The monoisotopic (exact) mass is 241 g/mol. The largest absolute Gasteiger partial charge is 0.316 e. The molecular formula is C14H15N3O. The fourth-order valence-electron chi connectivity index (χ4n) is 1.84. The zero-order chi connectivity index (χ0) is 13.4. The van der Waals surface area contributed by atoms with Gasteiger partial charge in [-0.05, 0) is 12.0 Å².